The van der Waals surface area contributed by atoms with Crippen LogP contribution in [-0.4, -0.2) is 37.4 Å². The summed E-state index contributed by atoms with van der Waals surface area (Å²) in [5, 5.41) is 2.59. The van der Waals surface area contributed by atoms with Gasteiger partial charge in [-0.3, -0.25) is 9.59 Å². The average Bonchev–Trinajstić information content (AvgIpc) is 3.35. The van der Waals surface area contributed by atoms with Gasteiger partial charge in [0.2, 0.25) is 5.91 Å². The summed E-state index contributed by atoms with van der Waals surface area (Å²) < 4.78 is 11.0. The SMILES string of the molecule is COc1cc2c(cc1OC)C(c1cccs1)N(C(=O)CCC(=O)c1ccc(Cl)cc1)CC2. The second-order valence-corrected chi connectivity index (χ2v) is 9.01. The number of Topliss-reactive ketones (excluding diaryl/α,β-unsaturated/α-hetero) is 1. The molecule has 1 unspecified atom stereocenters. The van der Waals surface area contributed by atoms with Gasteiger partial charge in [-0.25, -0.2) is 0 Å². The van der Waals surface area contributed by atoms with Crippen LogP contribution in [-0.2, 0) is 11.2 Å². The van der Waals surface area contributed by atoms with E-state index in [2.05, 4.69) is 0 Å². The maximum Gasteiger partial charge on any atom is 0.223 e. The molecule has 0 N–H and O–H groups in total. The lowest BCUT2D eigenvalue weighted by Gasteiger charge is -2.37. The molecule has 32 heavy (non-hydrogen) atoms. The van der Waals surface area contributed by atoms with Crippen LogP contribution in [0.4, 0.5) is 0 Å². The number of halogens is 1. The minimum absolute atomic E-state index is 0.0360. The van der Waals surface area contributed by atoms with Gasteiger partial charge in [-0.2, -0.15) is 0 Å². The molecule has 4 rings (SSSR count). The van der Waals surface area contributed by atoms with Crippen molar-refractivity contribution in [1.82, 2.24) is 4.90 Å². The molecule has 0 saturated carbocycles. The number of carbonyl (C=O) groups excluding carboxylic acids is 2. The Balaban J connectivity index is 1.58. The van der Waals surface area contributed by atoms with Crippen molar-refractivity contribution in [3.05, 3.63) is 80.5 Å². The molecular weight excluding hydrogens is 446 g/mol. The molecule has 1 amide bonds. The van der Waals surface area contributed by atoms with Gasteiger partial charge in [0.05, 0.1) is 20.3 Å². The number of carbonyl (C=O) groups is 2. The van der Waals surface area contributed by atoms with Crippen molar-refractivity contribution < 1.29 is 19.1 Å². The Bertz CT molecular complexity index is 1110. The summed E-state index contributed by atoms with van der Waals surface area (Å²) in [6.45, 7) is 0.582. The number of thiophene rings is 1. The lowest BCUT2D eigenvalue weighted by Crippen LogP contribution is -2.40. The van der Waals surface area contributed by atoms with Crippen molar-refractivity contribution in [1.29, 1.82) is 0 Å². The molecule has 7 heteroatoms. The third-order valence-corrected chi connectivity index (χ3v) is 6.92. The van der Waals surface area contributed by atoms with Crippen LogP contribution in [0.2, 0.25) is 5.02 Å². The monoisotopic (exact) mass is 469 g/mol. The molecule has 1 atom stereocenters. The molecule has 0 radical (unpaired) electrons. The molecular formula is C25H24ClNO4S. The predicted octanol–water partition coefficient (Wildman–Crippen LogP) is 5.56. The largest absolute Gasteiger partial charge is 0.493 e. The highest BCUT2D eigenvalue weighted by Gasteiger charge is 2.34. The van der Waals surface area contributed by atoms with E-state index in [9.17, 15) is 9.59 Å². The summed E-state index contributed by atoms with van der Waals surface area (Å²) in [6.07, 6.45) is 1.04. The second-order valence-electron chi connectivity index (χ2n) is 7.59. The summed E-state index contributed by atoms with van der Waals surface area (Å²) in [7, 11) is 3.23. The van der Waals surface area contributed by atoms with Crippen molar-refractivity contribution in [2.45, 2.75) is 25.3 Å². The van der Waals surface area contributed by atoms with Crippen molar-refractivity contribution in [2.75, 3.05) is 20.8 Å². The van der Waals surface area contributed by atoms with Gasteiger partial charge >= 0.3 is 0 Å². The van der Waals surface area contributed by atoms with E-state index in [1.54, 1.807) is 49.8 Å². The highest BCUT2D eigenvalue weighted by Crippen LogP contribution is 2.42. The van der Waals surface area contributed by atoms with Gasteiger partial charge in [0.1, 0.15) is 0 Å². The lowest BCUT2D eigenvalue weighted by atomic mass is 9.90. The van der Waals surface area contributed by atoms with Gasteiger partial charge < -0.3 is 14.4 Å². The summed E-state index contributed by atoms with van der Waals surface area (Å²) in [5.41, 5.74) is 2.74. The number of nitrogens with zero attached hydrogens (tertiary/aromatic N) is 1. The minimum atomic E-state index is -0.211. The van der Waals surface area contributed by atoms with Crippen molar-refractivity contribution in [3.8, 4) is 11.5 Å². The molecule has 0 spiro atoms. The molecule has 1 aromatic heterocycles. The number of rotatable bonds is 7. The zero-order valence-electron chi connectivity index (χ0n) is 18.0. The number of hydrogen-bond acceptors (Lipinski definition) is 5. The number of hydrogen-bond donors (Lipinski definition) is 0. The van der Waals surface area contributed by atoms with Crippen LogP contribution in [0.3, 0.4) is 0 Å². The first-order chi connectivity index (χ1) is 15.5. The third-order valence-electron chi connectivity index (χ3n) is 5.74. The first-order valence-corrected chi connectivity index (χ1v) is 11.6. The van der Waals surface area contributed by atoms with Crippen LogP contribution in [0.25, 0.3) is 0 Å². The fourth-order valence-electron chi connectivity index (χ4n) is 4.11. The molecule has 0 saturated heterocycles. The van der Waals surface area contributed by atoms with Gasteiger partial charge in [0.15, 0.2) is 17.3 Å². The molecule has 2 aromatic carbocycles. The average molecular weight is 470 g/mol. The van der Waals surface area contributed by atoms with Crippen LogP contribution in [0.15, 0.2) is 53.9 Å². The maximum absolute atomic E-state index is 13.3. The van der Waals surface area contributed by atoms with Gasteiger partial charge in [-0.05, 0) is 65.4 Å². The molecule has 0 fully saturated rings. The van der Waals surface area contributed by atoms with Crippen LogP contribution in [0.5, 0.6) is 11.5 Å². The van der Waals surface area contributed by atoms with E-state index in [1.807, 2.05) is 34.5 Å². The number of benzene rings is 2. The summed E-state index contributed by atoms with van der Waals surface area (Å²) in [5.74, 6) is 1.22. The van der Waals surface area contributed by atoms with E-state index < -0.39 is 0 Å². The van der Waals surface area contributed by atoms with Gasteiger partial charge in [-0.1, -0.05) is 17.7 Å². The number of fused-ring (bicyclic) bond motifs is 1. The number of methoxy groups -OCH3 is 2. The molecule has 2 heterocycles. The van der Waals surface area contributed by atoms with Crippen molar-refractivity contribution >= 4 is 34.6 Å². The van der Waals surface area contributed by atoms with E-state index in [4.69, 9.17) is 21.1 Å². The molecule has 5 nitrogen and oxygen atoms in total. The molecule has 166 valence electrons. The van der Waals surface area contributed by atoms with Crippen LogP contribution >= 0.6 is 22.9 Å². The highest BCUT2D eigenvalue weighted by atomic mass is 35.5. The van der Waals surface area contributed by atoms with E-state index in [-0.39, 0.29) is 30.6 Å². The van der Waals surface area contributed by atoms with Crippen LogP contribution in [0.1, 0.15) is 45.2 Å². The quantitative estimate of drug-likeness (QED) is 0.425. The summed E-state index contributed by atoms with van der Waals surface area (Å²) >= 11 is 7.52. The minimum Gasteiger partial charge on any atom is -0.493 e. The van der Waals surface area contributed by atoms with E-state index in [0.717, 1.165) is 16.0 Å². The fourth-order valence-corrected chi connectivity index (χ4v) is 5.09. The smallest absolute Gasteiger partial charge is 0.223 e. The van der Waals surface area contributed by atoms with E-state index >= 15 is 0 Å². The van der Waals surface area contributed by atoms with Gasteiger partial charge in [-0.15, -0.1) is 11.3 Å². The molecule has 0 aliphatic carbocycles. The van der Waals surface area contributed by atoms with E-state index in [0.29, 0.717) is 35.1 Å². The molecule has 1 aliphatic heterocycles. The Labute approximate surface area is 196 Å². The number of amides is 1. The Morgan fingerprint density at radius 1 is 1.06 bits per heavy atom. The van der Waals surface area contributed by atoms with Crippen LogP contribution in [0, 0.1) is 0 Å². The first-order valence-electron chi connectivity index (χ1n) is 10.4. The normalized spacial score (nSPS) is 15.2. The molecule has 1 aliphatic rings. The Morgan fingerprint density at radius 3 is 2.44 bits per heavy atom. The maximum atomic E-state index is 13.3. The topological polar surface area (TPSA) is 55.8 Å². The molecule has 3 aromatic rings. The Morgan fingerprint density at radius 2 is 1.78 bits per heavy atom. The molecule has 0 bridgehead atoms. The zero-order chi connectivity index (χ0) is 22.7. The highest BCUT2D eigenvalue weighted by molar-refractivity contribution is 7.10. The Hall–Kier alpha value is -2.83. The number of ketones is 1. The van der Waals surface area contributed by atoms with Crippen LogP contribution < -0.4 is 9.47 Å². The van der Waals surface area contributed by atoms with Gasteiger partial charge in [0.25, 0.3) is 0 Å². The van der Waals surface area contributed by atoms with Gasteiger partial charge in [0, 0.05) is 34.8 Å². The third kappa shape index (κ3) is 4.52. The predicted molar refractivity (Wildman–Crippen MR) is 126 cm³/mol. The fraction of sp³-hybridized carbons (Fsp3) is 0.280. The summed E-state index contributed by atoms with van der Waals surface area (Å²) in [4.78, 5) is 28.8. The summed E-state index contributed by atoms with van der Waals surface area (Å²) in [6, 6.07) is 14.6. The lowest BCUT2D eigenvalue weighted by molar-refractivity contribution is -0.133. The number of ether oxygens (including phenoxy) is 2. The first kappa shape index (κ1) is 22.4. The standard InChI is InChI=1S/C25H24ClNO4S/c1-30-21-14-17-11-12-27(24(29)10-9-20(28)16-5-7-18(26)8-6-16)25(23-4-3-13-32-23)19(17)15-22(21)31-2/h3-8,13-15,25H,9-12H2,1-2H3. The van der Waals surface area contributed by atoms with Crippen molar-refractivity contribution in [2.24, 2.45) is 0 Å². The zero-order valence-corrected chi connectivity index (χ0v) is 19.5. The van der Waals surface area contributed by atoms with E-state index in [1.165, 1.54) is 0 Å². The van der Waals surface area contributed by atoms with Crippen molar-refractivity contribution in [3.63, 3.8) is 0 Å². The second kappa shape index (κ2) is 9.76. The Kier molecular flexibility index (Phi) is 6.82.